The monoisotopic (exact) mass is 278 g/mol. The van der Waals surface area contributed by atoms with E-state index in [0.717, 1.165) is 25.7 Å². The van der Waals surface area contributed by atoms with Gasteiger partial charge in [-0.15, -0.1) is 0 Å². The van der Waals surface area contributed by atoms with Crippen molar-refractivity contribution in [3.8, 4) is 0 Å². The van der Waals surface area contributed by atoms with Gasteiger partial charge in [-0.1, -0.05) is 25.7 Å². The number of hydrogen-bond acceptors (Lipinski definition) is 4. The number of rotatable bonds is 13. The molecule has 0 aliphatic heterocycles. The minimum absolute atomic E-state index is 0.831. The normalized spacial score (nSPS) is 12.0. The molecule has 5 heteroatoms. The van der Waals surface area contributed by atoms with Crippen molar-refractivity contribution in [2.24, 2.45) is 0 Å². The van der Waals surface area contributed by atoms with Crippen LogP contribution in [-0.4, -0.2) is 43.3 Å². The Morgan fingerprint density at radius 3 is 1.72 bits per heavy atom. The van der Waals surface area contributed by atoms with Crippen molar-refractivity contribution >= 4 is 8.80 Å². The van der Waals surface area contributed by atoms with Crippen LogP contribution >= 0.6 is 0 Å². The molecule has 0 aromatic heterocycles. The molecule has 0 fully saturated rings. The van der Waals surface area contributed by atoms with Crippen LogP contribution in [0.4, 0.5) is 0 Å². The summed E-state index contributed by atoms with van der Waals surface area (Å²) in [6.45, 7) is 3.78. The van der Waals surface area contributed by atoms with Crippen molar-refractivity contribution in [3.63, 3.8) is 0 Å². The van der Waals surface area contributed by atoms with Crippen molar-refractivity contribution in [2.45, 2.75) is 51.5 Å². The molecule has 0 saturated carbocycles. The summed E-state index contributed by atoms with van der Waals surface area (Å²) in [6, 6.07) is 0.912. The first kappa shape index (κ1) is 18.1. The van der Waals surface area contributed by atoms with E-state index < -0.39 is 8.80 Å². The fraction of sp³-hybridized carbons (Fsp3) is 1.00. The van der Waals surface area contributed by atoms with Gasteiger partial charge in [0, 0.05) is 40.6 Å². The Morgan fingerprint density at radius 2 is 1.22 bits per heavy atom. The van der Waals surface area contributed by atoms with Gasteiger partial charge in [0.05, 0.1) is 0 Å². The summed E-state index contributed by atoms with van der Waals surface area (Å²) < 4.78 is 21.5. The van der Waals surface area contributed by atoms with Gasteiger partial charge in [-0.2, -0.15) is 0 Å². The zero-order valence-electron chi connectivity index (χ0n) is 12.5. The predicted molar refractivity (Wildman–Crippen MR) is 75.8 cm³/mol. The molecule has 18 heavy (non-hydrogen) atoms. The van der Waals surface area contributed by atoms with E-state index in [0.29, 0.717) is 0 Å². The van der Waals surface area contributed by atoms with Crippen LogP contribution in [0.15, 0.2) is 0 Å². The summed E-state index contributed by atoms with van der Waals surface area (Å²) in [4.78, 5) is 0. The summed E-state index contributed by atoms with van der Waals surface area (Å²) in [6.07, 6.45) is 7.34. The summed E-state index contributed by atoms with van der Waals surface area (Å²) in [5.74, 6) is 0. The largest absolute Gasteiger partial charge is 0.500 e. The molecule has 0 amide bonds. The molecule has 0 aromatic carbocycles. The highest BCUT2D eigenvalue weighted by atomic mass is 28.4. The molecule has 0 heterocycles. The van der Waals surface area contributed by atoms with Crippen LogP contribution in [0, 0.1) is 0 Å². The number of unbranched alkanes of at least 4 members (excludes halogenated alkanes) is 5. The van der Waals surface area contributed by atoms with E-state index in [9.17, 15) is 0 Å². The second-order valence-corrected chi connectivity index (χ2v) is 7.45. The average molecular weight is 278 g/mol. The highest BCUT2D eigenvalue weighted by Gasteiger charge is 2.36. The molecule has 0 aromatic rings. The van der Waals surface area contributed by atoms with Gasteiger partial charge in [0.15, 0.2) is 0 Å². The molecule has 0 aliphatic carbocycles. The molecule has 0 N–H and O–H groups in total. The molecule has 110 valence electrons. The maximum atomic E-state index is 5.39. The lowest BCUT2D eigenvalue weighted by molar-refractivity contribution is 0.122. The third-order valence-electron chi connectivity index (χ3n) is 3.16. The van der Waals surface area contributed by atoms with Gasteiger partial charge in [0.1, 0.15) is 0 Å². The molecular formula is C13H30O4Si. The highest BCUT2D eigenvalue weighted by Crippen LogP contribution is 2.18. The zero-order chi connectivity index (χ0) is 13.7. The maximum absolute atomic E-state index is 5.39. The van der Waals surface area contributed by atoms with Crippen LogP contribution in [0.2, 0.25) is 6.04 Å². The second-order valence-electron chi connectivity index (χ2n) is 4.36. The summed E-state index contributed by atoms with van der Waals surface area (Å²) in [5.41, 5.74) is 0. The molecule has 4 nitrogen and oxygen atoms in total. The Labute approximate surface area is 113 Å². The summed E-state index contributed by atoms with van der Waals surface area (Å²) in [5, 5.41) is 0. The van der Waals surface area contributed by atoms with Gasteiger partial charge in [-0.25, -0.2) is 0 Å². The molecule has 0 atom stereocenters. The van der Waals surface area contributed by atoms with Crippen LogP contribution < -0.4 is 0 Å². The van der Waals surface area contributed by atoms with Crippen molar-refractivity contribution in [1.82, 2.24) is 0 Å². The Kier molecular flexibility index (Phi) is 12.1. The zero-order valence-corrected chi connectivity index (χ0v) is 13.5. The minimum Gasteiger partial charge on any atom is -0.382 e. The molecule has 0 saturated heterocycles. The minimum atomic E-state index is -2.32. The lowest BCUT2D eigenvalue weighted by Crippen LogP contribution is -2.42. The molecule has 0 unspecified atom stereocenters. The van der Waals surface area contributed by atoms with E-state index in [2.05, 4.69) is 0 Å². The average Bonchev–Trinajstić information content (AvgIpc) is 2.42. The van der Waals surface area contributed by atoms with Crippen molar-refractivity contribution in [1.29, 1.82) is 0 Å². The van der Waals surface area contributed by atoms with Gasteiger partial charge < -0.3 is 18.0 Å². The third-order valence-corrected chi connectivity index (χ3v) is 5.99. The molecule has 0 spiro atoms. The fourth-order valence-corrected chi connectivity index (χ4v) is 3.75. The van der Waals surface area contributed by atoms with Crippen LogP contribution in [0.5, 0.6) is 0 Å². The van der Waals surface area contributed by atoms with Crippen molar-refractivity contribution < 1.29 is 18.0 Å². The molecule has 0 radical (unpaired) electrons. The topological polar surface area (TPSA) is 36.9 Å². The van der Waals surface area contributed by atoms with Gasteiger partial charge in [-0.05, 0) is 19.8 Å². The molecular weight excluding hydrogens is 248 g/mol. The standard InChI is InChI=1S/C13H30O4Si/c1-5-17-12-10-8-6-7-9-11-13-18(14-2,15-3)16-4/h5-13H2,1-4H3. The highest BCUT2D eigenvalue weighted by molar-refractivity contribution is 6.60. The van der Waals surface area contributed by atoms with E-state index in [4.69, 9.17) is 18.0 Å². The SMILES string of the molecule is CCOCCCCCCCC[Si](OC)(OC)OC. The van der Waals surface area contributed by atoms with Crippen molar-refractivity contribution in [2.75, 3.05) is 34.5 Å². The molecule has 0 bridgehead atoms. The van der Waals surface area contributed by atoms with Gasteiger partial charge in [-0.3, -0.25) is 0 Å². The van der Waals surface area contributed by atoms with Gasteiger partial charge >= 0.3 is 8.80 Å². The first-order chi connectivity index (χ1) is 8.74. The summed E-state index contributed by atoms with van der Waals surface area (Å²) in [7, 11) is 2.70. The molecule has 0 rings (SSSR count). The third kappa shape index (κ3) is 8.21. The Hall–Kier alpha value is 0.0569. The summed E-state index contributed by atoms with van der Waals surface area (Å²) >= 11 is 0. The molecule has 0 aliphatic rings. The van der Waals surface area contributed by atoms with Gasteiger partial charge in [0.2, 0.25) is 0 Å². The number of hydrogen-bond donors (Lipinski definition) is 0. The van der Waals surface area contributed by atoms with Crippen LogP contribution in [0.3, 0.4) is 0 Å². The lowest BCUT2D eigenvalue weighted by Gasteiger charge is -2.24. The lowest BCUT2D eigenvalue weighted by atomic mass is 10.1. The predicted octanol–water partition coefficient (Wildman–Crippen LogP) is 3.24. The second kappa shape index (κ2) is 12.1. The quantitative estimate of drug-likeness (QED) is 0.383. The Balaban J connectivity index is 3.38. The fourth-order valence-electron chi connectivity index (χ4n) is 1.95. The van der Waals surface area contributed by atoms with E-state index in [-0.39, 0.29) is 0 Å². The van der Waals surface area contributed by atoms with Gasteiger partial charge in [0.25, 0.3) is 0 Å². The Bertz CT molecular complexity index is 166. The van der Waals surface area contributed by atoms with Crippen LogP contribution in [-0.2, 0) is 18.0 Å². The van der Waals surface area contributed by atoms with Crippen LogP contribution in [0.25, 0.3) is 0 Å². The first-order valence-electron chi connectivity index (χ1n) is 6.98. The van der Waals surface area contributed by atoms with Crippen LogP contribution in [0.1, 0.15) is 45.4 Å². The van der Waals surface area contributed by atoms with Crippen molar-refractivity contribution in [3.05, 3.63) is 0 Å². The van der Waals surface area contributed by atoms with E-state index in [1.165, 1.54) is 32.1 Å². The van der Waals surface area contributed by atoms with E-state index >= 15 is 0 Å². The maximum Gasteiger partial charge on any atom is 0.500 e. The first-order valence-corrected chi connectivity index (χ1v) is 8.91. The smallest absolute Gasteiger partial charge is 0.382 e. The van der Waals surface area contributed by atoms with E-state index in [1.807, 2.05) is 6.92 Å². The van der Waals surface area contributed by atoms with E-state index in [1.54, 1.807) is 21.3 Å². The Morgan fingerprint density at radius 1 is 0.722 bits per heavy atom. The number of ether oxygens (including phenoxy) is 1.